The number of nitrogens with zero attached hydrogens (tertiary/aromatic N) is 3. The molecule has 26 heavy (non-hydrogen) atoms. The van der Waals surface area contributed by atoms with Gasteiger partial charge >= 0.3 is 0 Å². The summed E-state index contributed by atoms with van der Waals surface area (Å²) in [5.41, 5.74) is 1.09. The highest BCUT2D eigenvalue weighted by molar-refractivity contribution is 7.88. The van der Waals surface area contributed by atoms with Gasteiger partial charge in [-0.2, -0.15) is 5.10 Å². The van der Waals surface area contributed by atoms with E-state index in [-0.39, 0.29) is 24.4 Å². The molecule has 1 saturated heterocycles. The molecule has 0 aliphatic carbocycles. The molecule has 146 valence electrons. The molecule has 2 amide bonds. The quantitative estimate of drug-likeness (QED) is 0.709. The standard InChI is InChI=1S/C16H27N5O4S/c1-4-20(5-2)16(23)12-10-17-19-15(12)13-8-6-7-9-21(13)14(22)11-18-26(3,24)25/h10,13,18H,4-9,11H2,1-3H3,(H,17,19). The van der Waals surface area contributed by atoms with Gasteiger partial charge in [0.1, 0.15) is 0 Å². The average molecular weight is 385 g/mol. The van der Waals surface area contributed by atoms with Gasteiger partial charge in [0.25, 0.3) is 5.91 Å². The Labute approximate surface area is 154 Å². The monoisotopic (exact) mass is 385 g/mol. The molecule has 1 fully saturated rings. The first-order valence-electron chi connectivity index (χ1n) is 8.85. The molecular weight excluding hydrogens is 358 g/mol. The van der Waals surface area contributed by atoms with Crippen LogP contribution in [0.25, 0.3) is 0 Å². The Kier molecular flexibility index (Phi) is 6.76. The summed E-state index contributed by atoms with van der Waals surface area (Å²) in [5, 5.41) is 6.91. The summed E-state index contributed by atoms with van der Waals surface area (Å²) in [6, 6.07) is -0.311. The van der Waals surface area contributed by atoms with E-state index in [9.17, 15) is 18.0 Å². The third-order valence-electron chi connectivity index (χ3n) is 4.59. The number of hydrogen-bond donors (Lipinski definition) is 2. The third-order valence-corrected chi connectivity index (χ3v) is 5.26. The zero-order valence-corrected chi connectivity index (χ0v) is 16.3. The predicted octanol–water partition coefficient (Wildman–Crippen LogP) is 0.495. The van der Waals surface area contributed by atoms with E-state index in [1.165, 1.54) is 6.20 Å². The van der Waals surface area contributed by atoms with E-state index in [2.05, 4.69) is 14.9 Å². The first-order valence-corrected chi connectivity index (χ1v) is 10.7. The van der Waals surface area contributed by atoms with Gasteiger partial charge in [-0.25, -0.2) is 13.1 Å². The lowest BCUT2D eigenvalue weighted by atomic mass is 9.96. The Morgan fingerprint density at radius 2 is 2.04 bits per heavy atom. The number of carbonyl (C=O) groups is 2. The maximum atomic E-state index is 12.7. The van der Waals surface area contributed by atoms with Crippen molar-refractivity contribution in [3.63, 3.8) is 0 Å². The minimum absolute atomic E-state index is 0.119. The van der Waals surface area contributed by atoms with Crippen molar-refractivity contribution in [2.75, 3.05) is 32.4 Å². The van der Waals surface area contributed by atoms with Crippen molar-refractivity contribution in [3.8, 4) is 0 Å². The molecule has 1 aromatic heterocycles. The molecule has 2 rings (SSSR count). The largest absolute Gasteiger partial charge is 0.339 e. The molecule has 1 aromatic rings. The molecule has 9 nitrogen and oxygen atoms in total. The molecule has 0 saturated carbocycles. The number of piperidine rings is 1. The van der Waals surface area contributed by atoms with Crippen LogP contribution < -0.4 is 4.72 Å². The second kappa shape index (κ2) is 8.63. The van der Waals surface area contributed by atoms with Crippen LogP contribution >= 0.6 is 0 Å². The van der Waals surface area contributed by atoms with E-state index >= 15 is 0 Å². The summed E-state index contributed by atoms with van der Waals surface area (Å²) in [4.78, 5) is 28.6. The van der Waals surface area contributed by atoms with Crippen LogP contribution in [-0.4, -0.2) is 72.7 Å². The van der Waals surface area contributed by atoms with Crippen LogP contribution in [0.5, 0.6) is 0 Å². The average Bonchev–Trinajstić information content (AvgIpc) is 3.09. The molecule has 2 heterocycles. The highest BCUT2D eigenvalue weighted by atomic mass is 32.2. The number of H-pyrrole nitrogens is 1. The van der Waals surface area contributed by atoms with Crippen LogP contribution in [0.4, 0.5) is 0 Å². The van der Waals surface area contributed by atoms with E-state index in [0.717, 1.165) is 19.1 Å². The molecule has 0 radical (unpaired) electrons. The smallest absolute Gasteiger partial charge is 0.257 e. The van der Waals surface area contributed by atoms with Crippen molar-refractivity contribution in [1.82, 2.24) is 24.7 Å². The fraction of sp³-hybridized carbons (Fsp3) is 0.688. The third kappa shape index (κ3) is 4.82. The molecule has 1 aliphatic heterocycles. The summed E-state index contributed by atoms with van der Waals surface area (Å²) in [5.74, 6) is -0.429. The number of aromatic amines is 1. The second-order valence-corrected chi connectivity index (χ2v) is 8.20. The lowest BCUT2D eigenvalue weighted by Crippen LogP contribution is -2.44. The van der Waals surface area contributed by atoms with Crippen molar-refractivity contribution in [1.29, 1.82) is 0 Å². The summed E-state index contributed by atoms with van der Waals surface area (Å²) in [6.45, 7) is 5.23. The van der Waals surface area contributed by atoms with Crippen molar-refractivity contribution >= 4 is 21.8 Å². The number of aromatic nitrogens is 2. The Morgan fingerprint density at radius 3 is 2.65 bits per heavy atom. The molecule has 2 N–H and O–H groups in total. The number of sulfonamides is 1. The maximum Gasteiger partial charge on any atom is 0.257 e. The molecule has 1 aliphatic rings. The van der Waals surface area contributed by atoms with Gasteiger partial charge in [-0.15, -0.1) is 0 Å². The molecular formula is C16H27N5O4S. The van der Waals surface area contributed by atoms with Gasteiger partial charge in [0.15, 0.2) is 0 Å². The number of hydrogen-bond acceptors (Lipinski definition) is 5. The molecule has 10 heteroatoms. The second-order valence-electron chi connectivity index (χ2n) is 6.37. The first kappa shape index (κ1) is 20.4. The molecule has 1 atom stereocenters. The summed E-state index contributed by atoms with van der Waals surface area (Å²) in [7, 11) is -3.45. The normalized spacial score (nSPS) is 18.0. The van der Waals surface area contributed by atoms with Crippen LogP contribution in [-0.2, 0) is 14.8 Å². The van der Waals surface area contributed by atoms with Crippen molar-refractivity contribution < 1.29 is 18.0 Å². The summed E-state index contributed by atoms with van der Waals surface area (Å²) in [6.07, 6.45) is 4.98. The topological polar surface area (TPSA) is 115 Å². The van der Waals surface area contributed by atoms with E-state index in [4.69, 9.17) is 0 Å². The van der Waals surface area contributed by atoms with Crippen molar-refractivity contribution in [2.45, 2.75) is 39.2 Å². The van der Waals surface area contributed by atoms with E-state index < -0.39 is 10.0 Å². The Bertz CT molecular complexity index is 742. The van der Waals surface area contributed by atoms with Gasteiger partial charge in [0.05, 0.1) is 36.3 Å². The van der Waals surface area contributed by atoms with Gasteiger partial charge in [0.2, 0.25) is 15.9 Å². The number of likely N-dealkylation sites (tertiary alicyclic amines) is 1. The SMILES string of the molecule is CCN(CC)C(=O)c1cn[nH]c1C1CCCCN1C(=O)CNS(C)(=O)=O. The van der Waals surface area contributed by atoms with Gasteiger partial charge in [-0.3, -0.25) is 14.7 Å². The Hall–Kier alpha value is -1.94. The molecule has 0 bridgehead atoms. The van der Waals surface area contributed by atoms with Crippen LogP contribution in [0, 0.1) is 0 Å². The highest BCUT2D eigenvalue weighted by Crippen LogP contribution is 2.32. The molecule has 0 aromatic carbocycles. The lowest BCUT2D eigenvalue weighted by molar-refractivity contribution is -0.133. The van der Waals surface area contributed by atoms with Crippen LogP contribution in [0.3, 0.4) is 0 Å². The van der Waals surface area contributed by atoms with E-state index in [1.54, 1.807) is 9.80 Å². The van der Waals surface area contributed by atoms with E-state index in [0.29, 0.717) is 37.3 Å². The number of amides is 2. The molecule has 1 unspecified atom stereocenters. The van der Waals surface area contributed by atoms with E-state index in [1.807, 2.05) is 13.8 Å². The summed E-state index contributed by atoms with van der Waals surface area (Å²) >= 11 is 0. The Balaban J connectivity index is 2.24. The molecule has 0 spiro atoms. The minimum atomic E-state index is -3.45. The lowest BCUT2D eigenvalue weighted by Gasteiger charge is -2.35. The maximum absolute atomic E-state index is 12.7. The summed E-state index contributed by atoms with van der Waals surface area (Å²) < 4.78 is 24.8. The first-order chi connectivity index (χ1) is 12.3. The zero-order chi connectivity index (χ0) is 19.3. The van der Waals surface area contributed by atoms with Gasteiger partial charge < -0.3 is 9.80 Å². The predicted molar refractivity (Wildman–Crippen MR) is 97.0 cm³/mol. The van der Waals surface area contributed by atoms with Crippen molar-refractivity contribution in [3.05, 3.63) is 17.5 Å². The number of rotatable bonds is 7. The highest BCUT2D eigenvalue weighted by Gasteiger charge is 2.33. The fourth-order valence-corrected chi connectivity index (χ4v) is 3.61. The van der Waals surface area contributed by atoms with Crippen LogP contribution in [0.2, 0.25) is 0 Å². The number of carbonyl (C=O) groups excluding carboxylic acids is 2. The Morgan fingerprint density at radius 1 is 1.35 bits per heavy atom. The van der Waals surface area contributed by atoms with Gasteiger partial charge in [-0.1, -0.05) is 0 Å². The van der Waals surface area contributed by atoms with Crippen molar-refractivity contribution in [2.24, 2.45) is 0 Å². The van der Waals surface area contributed by atoms with Gasteiger partial charge in [-0.05, 0) is 33.1 Å². The van der Waals surface area contributed by atoms with Crippen LogP contribution in [0.1, 0.15) is 55.2 Å². The zero-order valence-electron chi connectivity index (χ0n) is 15.5. The van der Waals surface area contributed by atoms with Crippen LogP contribution in [0.15, 0.2) is 6.20 Å². The number of nitrogens with one attached hydrogen (secondary N) is 2. The van der Waals surface area contributed by atoms with Gasteiger partial charge in [0, 0.05) is 19.6 Å². The fourth-order valence-electron chi connectivity index (χ4n) is 3.23. The minimum Gasteiger partial charge on any atom is -0.339 e.